The number of Topliss-reactive ketones (excluding diaryl/α,β-unsaturated/α-hetero) is 1. The van der Waals surface area contributed by atoms with Gasteiger partial charge in [0.2, 0.25) is 0 Å². The number of benzene rings is 2. The summed E-state index contributed by atoms with van der Waals surface area (Å²) in [6.07, 6.45) is -4.25. The van der Waals surface area contributed by atoms with E-state index in [1.165, 1.54) is 13.0 Å². The van der Waals surface area contributed by atoms with Crippen molar-refractivity contribution in [2.24, 2.45) is 0 Å². The molecule has 0 heterocycles. The Labute approximate surface area is 174 Å². The third-order valence-electron chi connectivity index (χ3n) is 4.84. The quantitative estimate of drug-likeness (QED) is 0.589. The van der Waals surface area contributed by atoms with E-state index in [0.717, 1.165) is 29.8 Å². The van der Waals surface area contributed by atoms with Crippen molar-refractivity contribution in [2.45, 2.75) is 45.4 Å². The van der Waals surface area contributed by atoms with Gasteiger partial charge in [0.25, 0.3) is 0 Å². The minimum Gasteiger partial charge on any atom is -0.380 e. The first kappa shape index (κ1) is 23.4. The molecule has 2 rings (SSSR count). The maximum Gasteiger partial charge on any atom is 0.407 e. The standard InChI is InChI=1S/C23H25F3N2O2/c1-5-12-28(18-9-6-16(2)7-10-18)15-22(3,30)21(29)14-17-8-11-20(27-4)19(13-17)23(24,25)26/h6-11,13,30H,5,12,14-15H2,1-3H3/t22-/m0/s1. The van der Waals surface area contributed by atoms with E-state index in [-0.39, 0.29) is 18.5 Å². The number of hydrogen-bond acceptors (Lipinski definition) is 3. The van der Waals surface area contributed by atoms with Gasteiger partial charge in [-0.2, -0.15) is 13.2 Å². The van der Waals surface area contributed by atoms with E-state index in [0.29, 0.717) is 6.54 Å². The predicted octanol–water partition coefficient (Wildman–Crippen LogP) is 5.34. The Morgan fingerprint density at radius 2 is 1.80 bits per heavy atom. The Kier molecular flexibility index (Phi) is 7.27. The number of ketones is 1. The second-order valence-corrected chi connectivity index (χ2v) is 7.59. The molecule has 0 fully saturated rings. The molecule has 0 bridgehead atoms. The van der Waals surface area contributed by atoms with E-state index < -0.39 is 28.8 Å². The third-order valence-corrected chi connectivity index (χ3v) is 4.84. The first-order valence-corrected chi connectivity index (χ1v) is 9.63. The Hall–Kier alpha value is -2.85. The molecular formula is C23H25F3N2O2. The lowest BCUT2D eigenvalue weighted by Crippen LogP contribution is -2.48. The van der Waals surface area contributed by atoms with Crippen LogP contribution in [-0.2, 0) is 17.4 Å². The highest BCUT2D eigenvalue weighted by molar-refractivity contribution is 5.89. The normalized spacial score (nSPS) is 13.4. The highest BCUT2D eigenvalue weighted by Crippen LogP contribution is 2.37. The van der Waals surface area contributed by atoms with Crippen LogP contribution in [0.2, 0.25) is 0 Å². The van der Waals surface area contributed by atoms with Crippen LogP contribution >= 0.6 is 0 Å². The second-order valence-electron chi connectivity index (χ2n) is 7.59. The molecule has 0 aliphatic rings. The fraction of sp³-hybridized carbons (Fsp3) is 0.391. The van der Waals surface area contributed by atoms with Crippen LogP contribution in [0.3, 0.4) is 0 Å². The molecule has 7 heteroatoms. The van der Waals surface area contributed by atoms with E-state index in [4.69, 9.17) is 6.57 Å². The van der Waals surface area contributed by atoms with Crippen LogP contribution in [-0.4, -0.2) is 29.6 Å². The Bertz CT molecular complexity index is 929. The summed E-state index contributed by atoms with van der Waals surface area (Å²) in [4.78, 5) is 17.5. The highest BCUT2D eigenvalue weighted by atomic mass is 19.4. The van der Waals surface area contributed by atoms with Crippen molar-refractivity contribution in [1.82, 2.24) is 0 Å². The van der Waals surface area contributed by atoms with Crippen molar-refractivity contribution < 1.29 is 23.1 Å². The van der Waals surface area contributed by atoms with Crippen LogP contribution in [0.5, 0.6) is 0 Å². The van der Waals surface area contributed by atoms with Gasteiger partial charge in [-0.1, -0.05) is 42.8 Å². The maximum atomic E-state index is 13.2. The molecule has 0 radical (unpaired) electrons. The molecule has 0 unspecified atom stereocenters. The van der Waals surface area contributed by atoms with Gasteiger partial charge in [0.05, 0.1) is 18.7 Å². The van der Waals surface area contributed by atoms with Crippen molar-refractivity contribution in [3.8, 4) is 0 Å². The van der Waals surface area contributed by atoms with E-state index >= 15 is 0 Å². The summed E-state index contributed by atoms with van der Waals surface area (Å²) in [5.41, 5.74) is -1.29. The molecule has 0 aliphatic carbocycles. The van der Waals surface area contributed by atoms with Gasteiger partial charge in [0.15, 0.2) is 11.5 Å². The molecule has 0 saturated heterocycles. The van der Waals surface area contributed by atoms with E-state index in [2.05, 4.69) is 4.85 Å². The number of anilines is 1. The molecule has 0 aliphatic heterocycles. The monoisotopic (exact) mass is 418 g/mol. The zero-order valence-electron chi connectivity index (χ0n) is 17.3. The van der Waals surface area contributed by atoms with Gasteiger partial charge in [-0.15, -0.1) is 0 Å². The van der Waals surface area contributed by atoms with Gasteiger partial charge < -0.3 is 10.0 Å². The molecular weight excluding hydrogens is 393 g/mol. The maximum absolute atomic E-state index is 13.2. The molecule has 4 nitrogen and oxygen atoms in total. The lowest BCUT2D eigenvalue weighted by molar-refractivity contribution is -0.137. The van der Waals surface area contributed by atoms with Gasteiger partial charge in [0.1, 0.15) is 5.60 Å². The summed E-state index contributed by atoms with van der Waals surface area (Å²) in [5.74, 6) is -0.584. The number of aliphatic hydroxyl groups is 1. The van der Waals surface area contributed by atoms with Crippen molar-refractivity contribution >= 4 is 17.2 Å². The fourth-order valence-corrected chi connectivity index (χ4v) is 3.18. The Morgan fingerprint density at radius 1 is 1.17 bits per heavy atom. The van der Waals surface area contributed by atoms with Crippen molar-refractivity contribution in [3.05, 3.63) is 70.6 Å². The van der Waals surface area contributed by atoms with E-state index in [1.54, 1.807) is 0 Å². The first-order valence-electron chi connectivity index (χ1n) is 9.63. The smallest absolute Gasteiger partial charge is 0.380 e. The lowest BCUT2D eigenvalue weighted by Gasteiger charge is -2.32. The largest absolute Gasteiger partial charge is 0.407 e. The van der Waals surface area contributed by atoms with Crippen molar-refractivity contribution in [1.29, 1.82) is 0 Å². The Morgan fingerprint density at radius 3 is 2.33 bits per heavy atom. The molecule has 1 N–H and O–H groups in total. The molecule has 0 amide bonds. The van der Waals surface area contributed by atoms with Crippen LogP contribution < -0.4 is 4.90 Å². The average Bonchev–Trinajstić information content (AvgIpc) is 2.67. The number of carbonyl (C=O) groups excluding carboxylic acids is 1. The number of rotatable bonds is 8. The lowest BCUT2D eigenvalue weighted by atomic mass is 9.93. The molecule has 1 atom stereocenters. The topological polar surface area (TPSA) is 44.9 Å². The van der Waals surface area contributed by atoms with Gasteiger partial charge in [0, 0.05) is 18.7 Å². The zero-order chi connectivity index (χ0) is 22.5. The summed E-state index contributed by atoms with van der Waals surface area (Å²) in [6.45, 7) is 12.9. The first-order chi connectivity index (χ1) is 14.0. The van der Waals surface area contributed by atoms with Gasteiger partial charge in [-0.25, -0.2) is 4.85 Å². The molecule has 30 heavy (non-hydrogen) atoms. The van der Waals surface area contributed by atoms with Crippen LogP contribution in [0.15, 0.2) is 42.5 Å². The molecule has 0 aromatic heterocycles. The summed E-state index contributed by atoms with van der Waals surface area (Å²) >= 11 is 0. The molecule has 160 valence electrons. The van der Waals surface area contributed by atoms with Crippen LogP contribution in [0.1, 0.15) is 37.0 Å². The summed E-state index contributed by atoms with van der Waals surface area (Å²) in [7, 11) is 0. The van der Waals surface area contributed by atoms with E-state index in [1.807, 2.05) is 43.0 Å². The number of carbonyl (C=O) groups is 1. The van der Waals surface area contributed by atoms with Crippen molar-refractivity contribution in [3.63, 3.8) is 0 Å². The summed E-state index contributed by atoms with van der Waals surface area (Å²) in [6, 6.07) is 10.9. The second kappa shape index (κ2) is 9.31. The molecule has 2 aromatic carbocycles. The van der Waals surface area contributed by atoms with Gasteiger partial charge >= 0.3 is 6.18 Å². The minimum atomic E-state index is -4.69. The summed E-state index contributed by atoms with van der Waals surface area (Å²) in [5, 5.41) is 10.8. The molecule has 2 aromatic rings. The van der Waals surface area contributed by atoms with E-state index in [9.17, 15) is 23.1 Å². The number of alkyl halides is 3. The van der Waals surface area contributed by atoms with Gasteiger partial charge in [-0.05, 0) is 38.0 Å². The average molecular weight is 418 g/mol. The SMILES string of the molecule is [C-]#[N+]c1ccc(CC(=O)[C@@](C)(O)CN(CCC)c2ccc(C)cc2)cc1C(F)(F)F. The third kappa shape index (κ3) is 5.83. The van der Waals surface area contributed by atoms with Crippen molar-refractivity contribution in [2.75, 3.05) is 18.0 Å². The van der Waals surface area contributed by atoms with Gasteiger partial charge in [-0.3, -0.25) is 4.79 Å². The zero-order valence-corrected chi connectivity index (χ0v) is 17.3. The van der Waals surface area contributed by atoms with Crippen LogP contribution in [0.25, 0.3) is 4.85 Å². The van der Waals surface area contributed by atoms with Crippen LogP contribution in [0.4, 0.5) is 24.5 Å². The fourth-order valence-electron chi connectivity index (χ4n) is 3.18. The molecule has 0 spiro atoms. The van der Waals surface area contributed by atoms with Crippen LogP contribution in [0, 0.1) is 13.5 Å². The summed E-state index contributed by atoms with van der Waals surface area (Å²) < 4.78 is 39.5. The predicted molar refractivity (Wildman–Crippen MR) is 111 cm³/mol. The number of halogens is 3. The number of nitrogens with zero attached hydrogens (tertiary/aromatic N) is 2. The number of hydrogen-bond donors (Lipinski definition) is 1. The minimum absolute atomic E-state index is 0.0228. The number of aryl methyl sites for hydroxylation is 1. The highest BCUT2D eigenvalue weighted by Gasteiger charge is 2.35. The molecule has 0 saturated carbocycles. The Balaban J connectivity index is 2.22.